The molecule has 0 aliphatic rings. The third-order valence-electron chi connectivity index (χ3n) is 3.40. The number of benzene rings is 1. The van der Waals surface area contributed by atoms with Gasteiger partial charge in [0.2, 0.25) is 5.91 Å². The van der Waals surface area contributed by atoms with Crippen LogP contribution < -0.4 is 5.32 Å². The Morgan fingerprint density at radius 3 is 2.29 bits per heavy atom. The second kappa shape index (κ2) is 8.03. The van der Waals surface area contributed by atoms with Crippen molar-refractivity contribution in [1.82, 2.24) is 5.32 Å². The molecule has 0 bridgehead atoms. The van der Waals surface area contributed by atoms with Gasteiger partial charge < -0.3 is 10.4 Å². The lowest BCUT2D eigenvalue weighted by Crippen LogP contribution is -2.36. The molecule has 0 aromatic heterocycles. The van der Waals surface area contributed by atoms with Gasteiger partial charge in [-0.15, -0.1) is 0 Å². The van der Waals surface area contributed by atoms with Crippen LogP contribution in [0.3, 0.4) is 0 Å². The summed E-state index contributed by atoms with van der Waals surface area (Å²) in [5.41, 5.74) is 0.930. The van der Waals surface area contributed by atoms with E-state index in [1.807, 2.05) is 24.3 Å². The van der Waals surface area contributed by atoms with Gasteiger partial charge >= 0.3 is 5.97 Å². The molecule has 21 heavy (non-hydrogen) atoms. The van der Waals surface area contributed by atoms with E-state index in [0.29, 0.717) is 30.8 Å². The smallest absolute Gasteiger partial charge is 0.303 e. The van der Waals surface area contributed by atoms with Gasteiger partial charge in [-0.3, -0.25) is 9.59 Å². The molecule has 0 aliphatic heterocycles. The number of carboxylic acid groups (broad SMARTS) is 1. The second-order valence-corrected chi connectivity index (χ2v) is 6.20. The standard InChI is InChI=1S/C16H22ClNO3/c1-16(2,12-7-9-13(17)10-8-12)11-18-14(19)5-3-4-6-15(20)21/h7-10H,3-6,11H2,1-2H3,(H,18,19)(H,20,21). The first-order valence-electron chi connectivity index (χ1n) is 7.06. The normalized spacial score (nSPS) is 11.2. The number of nitrogens with one attached hydrogen (secondary N) is 1. The SMILES string of the molecule is CC(C)(CNC(=O)CCCCC(=O)O)c1ccc(Cl)cc1. The van der Waals surface area contributed by atoms with Gasteiger partial charge in [-0.1, -0.05) is 37.6 Å². The van der Waals surface area contributed by atoms with E-state index >= 15 is 0 Å². The Labute approximate surface area is 130 Å². The average Bonchev–Trinajstić information content (AvgIpc) is 2.42. The topological polar surface area (TPSA) is 66.4 Å². The minimum absolute atomic E-state index is 0.0394. The van der Waals surface area contributed by atoms with E-state index in [-0.39, 0.29) is 17.7 Å². The van der Waals surface area contributed by atoms with E-state index in [4.69, 9.17) is 16.7 Å². The molecule has 1 amide bonds. The number of halogens is 1. The predicted molar refractivity (Wildman–Crippen MR) is 83.6 cm³/mol. The maximum absolute atomic E-state index is 11.7. The van der Waals surface area contributed by atoms with E-state index in [1.54, 1.807) is 0 Å². The highest BCUT2D eigenvalue weighted by atomic mass is 35.5. The molecular weight excluding hydrogens is 290 g/mol. The van der Waals surface area contributed by atoms with Gasteiger partial charge in [0.15, 0.2) is 0 Å². The molecule has 1 aromatic rings. The summed E-state index contributed by atoms with van der Waals surface area (Å²) < 4.78 is 0. The second-order valence-electron chi connectivity index (χ2n) is 5.77. The Morgan fingerprint density at radius 2 is 1.71 bits per heavy atom. The summed E-state index contributed by atoms with van der Waals surface area (Å²) in [7, 11) is 0. The first-order valence-corrected chi connectivity index (χ1v) is 7.43. The molecule has 0 spiro atoms. The Balaban J connectivity index is 2.37. The van der Waals surface area contributed by atoms with E-state index in [0.717, 1.165) is 5.56 Å². The number of carboxylic acids is 1. The lowest BCUT2D eigenvalue weighted by molar-refractivity contribution is -0.137. The molecule has 5 heteroatoms. The molecular formula is C16H22ClNO3. The number of amides is 1. The number of hydrogen-bond donors (Lipinski definition) is 2. The Morgan fingerprint density at radius 1 is 1.14 bits per heavy atom. The van der Waals surface area contributed by atoms with Crippen LogP contribution in [0.25, 0.3) is 0 Å². The van der Waals surface area contributed by atoms with Crippen molar-refractivity contribution in [2.24, 2.45) is 0 Å². The van der Waals surface area contributed by atoms with Crippen molar-refractivity contribution in [1.29, 1.82) is 0 Å². The zero-order chi connectivity index (χ0) is 15.9. The first kappa shape index (κ1) is 17.5. The Hall–Kier alpha value is -1.55. The van der Waals surface area contributed by atoms with Gasteiger partial charge in [0.1, 0.15) is 0 Å². The Bertz CT molecular complexity index is 483. The zero-order valence-corrected chi connectivity index (χ0v) is 13.2. The van der Waals surface area contributed by atoms with Gasteiger partial charge in [0.25, 0.3) is 0 Å². The van der Waals surface area contributed by atoms with Crippen molar-refractivity contribution in [2.75, 3.05) is 6.54 Å². The van der Waals surface area contributed by atoms with Crippen LogP contribution in [0.5, 0.6) is 0 Å². The van der Waals surface area contributed by atoms with Crippen molar-refractivity contribution in [3.05, 3.63) is 34.9 Å². The van der Waals surface area contributed by atoms with Crippen LogP contribution in [0.2, 0.25) is 5.02 Å². The largest absolute Gasteiger partial charge is 0.481 e. The monoisotopic (exact) mass is 311 g/mol. The summed E-state index contributed by atoms with van der Waals surface area (Å²) in [6.45, 7) is 4.65. The number of carbonyl (C=O) groups is 2. The number of carbonyl (C=O) groups excluding carboxylic acids is 1. The molecule has 0 radical (unpaired) electrons. The van der Waals surface area contributed by atoms with Crippen LogP contribution in [0.15, 0.2) is 24.3 Å². The zero-order valence-electron chi connectivity index (χ0n) is 12.5. The Kier molecular flexibility index (Phi) is 6.69. The fraction of sp³-hybridized carbons (Fsp3) is 0.500. The molecule has 0 aliphatic carbocycles. The van der Waals surface area contributed by atoms with E-state index in [2.05, 4.69) is 19.2 Å². The third kappa shape index (κ3) is 6.63. The fourth-order valence-electron chi connectivity index (χ4n) is 1.97. The van der Waals surface area contributed by atoms with Crippen LogP contribution in [0, 0.1) is 0 Å². The van der Waals surface area contributed by atoms with Crippen LogP contribution in [0.4, 0.5) is 0 Å². The molecule has 1 rings (SSSR count). The highest BCUT2D eigenvalue weighted by Crippen LogP contribution is 2.23. The minimum Gasteiger partial charge on any atom is -0.481 e. The fourth-order valence-corrected chi connectivity index (χ4v) is 2.10. The highest BCUT2D eigenvalue weighted by Gasteiger charge is 2.21. The number of unbranched alkanes of at least 4 members (excludes halogenated alkanes) is 1. The highest BCUT2D eigenvalue weighted by molar-refractivity contribution is 6.30. The molecule has 2 N–H and O–H groups in total. The van der Waals surface area contributed by atoms with Gasteiger partial charge in [-0.05, 0) is 30.5 Å². The lowest BCUT2D eigenvalue weighted by atomic mass is 9.84. The van der Waals surface area contributed by atoms with E-state index < -0.39 is 5.97 Å². The lowest BCUT2D eigenvalue weighted by Gasteiger charge is -2.25. The average molecular weight is 312 g/mol. The molecule has 0 saturated heterocycles. The van der Waals surface area contributed by atoms with Crippen LogP contribution in [-0.2, 0) is 15.0 Å². The van der Waals surface area contributed by atoms with E-state index in [9.17, 15) is 9.59 Å². The van der Waals surface area contributed by atoms with Gasteiger partial charge in [0.05, 0.1) is 0 Å². The van der Waals surface area contributed by atoms with Crippen molar-refractivity contribution in [3.63, 3.8) is 0 Å². The van der Waals surface area contributed by atoms with Crippen molar-refractivity contribution >= 4 is 23.5 Å². The van der Waals surface area contributed by atoms with Crippen molar-refractivity contribution < 1.29 is 14.7 Å². The molecule has 0 heterocycles. The quantitative estimate of drug-likeness (QED) is 0.723. The van der Waals surface area contributed by atoms with Crippen LogP contribution in [-0.4, -0.2) is 23.5 Å². The van der Waals surface area contributed by atoms with Crippen LogP contribution >= 0.6 is 11.6 Å². The van der Waals surface area contributed by atoms with E-state index in [1.165, 1.54) is 0 Å². The van der Waals surface area contributed by atoms with Crippen LogP contribution in [0.1, 0.15) is 45.1 Å². The van der Waals surface area contributed by atoms with Gasteiger partial charge in [-0.25, -0.2) is 0 Å². The molecule has 0 saturated carbocycles. The summed E-state index contributed by atoms with van der Waals surface area (Å²) in [6.07, 6.45) is 1.61. The van der Waals surface area contributed by atoms with Gasteiger partial charge in [-0.2, -0.15) is 0 Å². The van der Waals surface area contributed by atoms with Crippen molar-refractivity contribution in [2.45, 2.75) is 44.9 Å². The molecule has 4 nitrogen and oxygen atoms in total. The number of hydrogen-bond acceptors (Lipinski definition) is 2. The predicted octanol–water partition coefficient (Wildman–Crippen LogP) is 3.38. The number of aliphatic carboxylic acids is 1. The van der Waals surface area contributed by atoms with Crippen molar-refractivity contribution in [3.8, 4) is 0 Å². The summed E-state index contributed by atoms with van der Waals surface area (Å²) in [5, 5.41) is 12.1. The summed E-state index contributed by atoms with van der Waals surface area (Å²) in [6, 6.07) is 7.60. The molecule has 0 fully saturated rings. The molecule has 0 unspecified atom stereocenters. The minimum atomic E-state index is -0.820. The summed E-state index contributed by atoms with van der Waals surface area (Å²) in [5.74, 6) is -0.860. The molecule has 0 atom stereocenters. The van der Waals surface area contributed by atoms with Gasteiger partial charge in [0, 0.05) is 29.8 Å². The maximum atomic E-state index is 11.7. The summed E-state index contributed by atoms with van der Waals surface area (Å²) >= 11 is 5.87. The molecule has 1 aromatic carbocycles. The number of rotatable bonds is 8. The first-order chi connectivity index (χ1) is 9.81. The maximum Gasteiger partial charge on any atom is 0.303 e. The molecule has 116 valence electrons. The summed E-state index contributed by atoms with van der Waals surface area (Å²) in [4.78, 5) is 22.1. The third-order valence-corrected chi connectivity index (χ3v) is 3.65.